The molecule has 3 aromatic rings. The van der Waals surface area contributed by atoms with Crippen molar-refractivity contribution < 1.29 is 38.5 Å². The lowest BCUT2D eigenvalue weighted by Crippen LogP contribution is -2.49. The van der Waals surface area contributed by atoms with Crippen LogP contribution in [0, 0.1) is 10.1 Å². The summed E-state index contributed by atoms with van der Waals surface area (Å²) in [6, 6.07) is 23.8. The Morgan fingerprint density at radius 1 is 0.824 bits per heavy atom. The van der Waals surface area contributed by atoms with E-state index in [0.29, 0.717) is 22.3 Å². The maximum absolute atomic E-state index is 14.6. The van der Waals surface area contributed by atoms with Crippen LogP contribution in [0.3, 0.4) is 0 Å². The van der Waals surface area contributed by atoms with Gasteiger partial charge in [0.25, 0.3) is 5.96 Å². The molecular weight excluding hydrogens is 662 g/mol. The van der Waals surface area contributed by atoms with E-state index in [1.165, 1.54) is 19.1 Å². The summed E-state index contributed by atoms with van der Waals surface area (Å²) >= 11 is 0. The lowest BCUT2D eigenvalue weighted by molar-refractivity contribution is -0.525. The average Bonchev–Trinajstić information content (AvgIpc) is 3.11. The fraction of sp³-hybridized carbons (Fsp3) is 0.314. The van der Waals surface area contributed by atoms with E-state index in [1.807, 2.05) is 60.7 Å². The number of hydrazine groups is 1. The van der Waals surface area contributed by atoms with E-state index in [9.17, 15) is 34.1 Å². The van der Waals surface area contributed by atoms with Gasteiger partial charge in [0, 0.05) is 13.1 Å². The number of nitro groups is 1. The number of ether oxygens (including phenoxy) is 2. The number of primary amides is 1. The van der Waals surface area contributed by atoms with Crippen LogP contribution in [0.1, 0.15) is 41.0 Å². The van der Waals surface area contributed by atoms with E-state index < -0.39 is 65.7 Å². The number of amides is 3. The molecule has 0 unspecified atom stereocenters. The van der Waals surface area contributed by atoms with Crippen molar-refractivity contribution in [1.82, 2.24) is 15.2 Å². The molecule has 0 aliphatic heterocycles. The van der Waals surface area contributed by atoms with Gasteiger partial charge in [-0.25, -0.2) is 15.1 Å². The van der Waals surface area contributed by atoms with Gasteiger partial charge >= 0.3 is 11.9 Å². The number of guanidine groups is 1. The van der Waals surface area contributed by atoms with Crippen molar-refractivity contribution in [2.45, 2.75) is 37.8 Å². The number of nitrogens with two attached hydrogens (primary N) is 2. The quantitative estimate of drug-likeness (QED) is 0.0427. The highest BCUT2D eigenvalue weighted by molar-refractivity contribution is 5.92. The van der Waals surface area contributed by atoms with Crippen molar-refractivity contribution in [3.63, 3.8) is 0 Å². The highest BCUT2D eigenvalue weighted by Gasteiger charge is 2.34. The molecule has 16 heteroatoms. The average molecular weight is 704 g/mol. The van der Waals surface area contributed by atoms with Gasteiger partial charge in [-0.05, 0) is 35.1 Å². The van der Waals surface area contributed by atoms with Gasteiger partial charge in [-0.15, -0.1) is 0 Å². The van der Waals surface area contributed by atoms with Gasteiger partial charge < -0.3 is 30.7 Å². The second-order valence-electron chi connectivity index (χ2n) is 11.3. The minimum Gasteiger partial charge on any atom is -0.468 e. The largest absolute Gasteiger partial charge is 0.468 e. The number of hydrogen-bond acceptors (Lipinski definition) is 10. The van der Waals surface area contributed by atoms with Gasteiger partial charge in [0.05, 0.1) is 26.6 Å². The van der Waals surface area contributed by atoms with Crippen LogP contribution in [0.2, 0.25) is 0 Å². The Bertz CT molecular complexity index is 1630. The smallest absolute Gasteiger partial charge is 0.325 e. The highest BCUT2D eigenvalue weighted by atomic mass is 16.7. The first-order chi connectivity index (χ1) is 24.4. The molecule has 0 fully saturated rings. The molecule has 0 heterocycles. The number of aliphatic imine (C=N–C) groups is 1. The normalized spacial score (nSPS) is 11.6. The second-order valence-corrected chi connectivity index (χ2v) is 11.3. The Balaban J connectivity index is 1.93. The summed E-state index contributed by atoms with van der Waals surface area (Å²) < 4.78 is 9.29. The molecule has 3 rings (SSSR count). The van der Waals surface area contributed by atoms with Crippen LogP contribution in [0.25, 0.3) is 0 Å². The summed E-state index contributed by atoms with van der Waals surface area (Å²) in [7, 11) is 2.34. The molecule has 0 spiro atoms. The predicted molar refractivity (Wildman–Crippen MR) is 185 cm³/mol. The third-order valence-electron chi connectivity index (χ3n) is 7.80. The number of nitrogens with one attached hydrogen (secondary N) is 1. The third kappa shape index (κ3) is 12.3. The first-order valence-corrected chi connectivity index (χ1v) is 15.8. The van der Waals surface area contributed by atoms with Crippen molar-refractivity contribution in [2.24, 2.45) is 16.5 Å². The molecule has 270 valence electrons. The molecular formula is C35H41N7O9. The second kappa shape index (κ2) is 19.6. The molecule has 0 aliphatic carbocycles. The molecule has 0 radical (unpaired) electrons. The SMILES string of the molecule is COC(=O)CN(CC(=O)OC)C(=O)Cc1ccc(CN(C(=O)C(c2ccccc2)c2ccccc2)[C@H](CCCN=C(N)N[N+](=O)[O-])C(N)=O)cc1. The van der Waals surface area contributed by atoms with Crippen LogP contribution in [0.4, 0.5) is 0 Å². The minimum atomic E-state index is -1.10. The zero-order valence-electron chi connectivity index (χ0n) is 28.3. The summed E-state index contributed by atoms with van der Waals surface area (Å²) in [6.07, 6.45) is 0.142. The van der Waals surface area contributed by atoms with Crippen LogP contribution < -0.4 is 16.9 Å². The summed E-state index contributed by atoms with van der Waals surface area (Å²) in [4.78, 5) is 81.4. The zero-order chi connectivity index (χ0) is 37.3. The van der Waals surface area contributed by atoms with Crippen molar-refractivity contribution in [3.8, 4) is 0 Å². The van der Waals surface area contributed by atoms with E-state index in [-0.39, 0.29) is 32.4 Å². The van der Waals surface area contributed by atoms with Crippen molar-refractivity contribution in [1.29, 1.82) is 0 Å². The van der Waals surface area contributed by atoms with E-state index in [4.69, 9.17) is 11.5 Å². The van der Waals surface area contributed by atoms with E-state index in [0.717, 1.165) is 4.90 Å². The number of rotatable bonds is 18. The molecule has 1 atom stereocenters. The number of nitrogens with zero attached hydrogens (tertiary/aromatic N) is 4. The predicted octanol–water partition coefficient (Wildman–Crippen LogP) is 1.29. The molecule has 0 bridgehead atoms. The van der Waals surface area contributed by atoms with Crippen molar-refractivity contribution in [3.05, 3.63) is 117 Å². The summed E-state index contributed by atoms with van der Waals surface area (Å²) in [5.41, 5.74) is 15.7. The van der Waals surface area contributed by atoms with Crippen LogP contribution in [0.5, 0.6) is 0 Å². The minimum absolute atomic E-state index is 0.0188. The van der Waals surface area contributed by atoms with Gasteiger partial charge in [0.15, 0.2) is 5.03 Å². The van der Waals surface area contributed by atoms with E-state index in [1.54, 1.807) is 29.7 Å². The maximum atomic E-state index is 14.6. The van der Waals surface area contributed by atoms with Gasteiger partial charge in [-0.2, -0.15) is 0 Å². The molecule has 3 amide bonds. The molecule has 0 saturated heterocycles. The van der Waals surface area contributed by atoms with Crippen LogP contribution >= 0.6 is 0 Å². The fourth-order valence-electron chi connectivity index (χ4n) is 5.26. The molecule has 16 nitrogen and oxygen atoms in total. The molecule has 0 aromatic heterocycles. The van der Waals surface area contributed by atoms with Gasteiger partial charge in [0.2, 0.25) is 17.7 Å². The monoisotopic (exact) mass is 703 g/mol. The Morgan fingerprint density at radius 2 is 1.33 bits per heavy atom. The van der Waals surface area contributed by atoms with Crippen molar-refractivity contribution in [2.75, 3.05) is 33.9 Å². The standard InChI is InChI=1S/C35H41N7O9/c1-50-30(44)22-40(23-31(45)51-2)29(43)20-24-15-17-25(18-16-24)21-41(28(33(36)46)14-9-19-38-35(37)39-42(48)49)34(47)32(26-10-5-3-6-11-26)27-12-7-4-8-13-27/h3-8,10-13,15-18,28,32H,9,14,19-23H2,1-2H3,(H2,36,46)(H3,37,38,39)/t28-/m1/s1. The van der Waals surface area contributed by atoms with Crippen LogP contribution in [-0.4, -0.2) is 90.3 Å². The fourth-order valence-corrected chi connectivity index (χ4v) is 5.26. The Kier molecular flexibility index (Phi) is 15.1. The van der Waals surface area contributed by atoms with Crippen LogP contribution in [0.15, 0.2) is 89.9 Å². The first-order valence-electron chi connectivity index (χ1n) is 15.8. The van der Waals surface area contributed by atoms with Gasteiger partial charge in [-0.3, -0.25) is 24.0 Å². The topological polar surface area (TPSA) is 230 Å². The lowest BCUT2D eigenvalue weighted by atomic mass is 9.89. The Morgan fingerprint density at radius 3 is 1.80 bits per heavy atom. The van der Waals surface area contributed by atoms with Gasteiger partial charge in [-0.1, -0.05) is 90.4 Å². The number of benzene rings is 3. The molecule has 0 saturated carbocycles. The summed E-state index contributed by atoms with van der Waals surface area (Å²) in [6.45, 7) is -0.905. The summed E-state index contributed by atoms with van der Waals surface area (Å²) in [5, 5.41) is 9.81. The number of esters is 2. The number of hydrogen-bond donors (Lipinski definition) is 3. The van der Waals surface area contributed by atoms with Crippen LogP contribution in [-0.2, 0) is 46.4 Å². The molecule has 51 heavy (non-hydrogen) atoms. The number of carbonyl (C=O) groups excluding carboxylic acids is 5. The van der Waals surface area contributed by atoms with E-state index in [2.05, 4.69) is 14.5 Å². The number of methoxy groups -OCH3 is 2. The number of carbonyl (C=O) groups is 5. The zero-order valence-corrected chi connectivity index (χ0v) is 28.3. The maximum Gasteiger partial charge on any atom is 0.325 e. The summed E-state index contributed by atoms with van der Waals surface area (Å²) in [5.74, 6) is -4.28. The molecule has 5 N–H and O–H groups in total. The first kappa shape index (κ1) is 39.1. The molecule has 3 aromatic carbocycles. The Hall–Kier alpha value is -6.32. The van der Waals surface area contributed by atoms with Crippen molar-refractivity contribution >= 4 is 35.6 Å². The van der Waals surface area contributed by atoms with E-state index >= 15 is 0 Å². The molecule has 0 aliphatic rings. The van der Waals surface area contributed by atoms with Gasteiger partial charge in [0.1, 0.15) is 19.1 Å². The Labute approximate surface area is 294 Å². The lowest BCUT2D eigenvalue weighted by Gasteiger charge is -2.33. The third-order valence-corrected chi connectivity index (χ3v) is 7.80. The highest BCUT2D eigenvalue weighted by Crippen LogP contribution is 2.29.